The lowest BCUT2D eigenvalue weighted by atomic mass is 9.74. The molecule has 7 atom stereocenters. The standard InChI is InChI=1S/C37H56N4O5/c1-3-37(24-40-36(38)41-28-9-5-4-6-10-28)17-14-27-8-7-11-29-22-31(16-19-39-29)46-35-21-26(12-13-33(35)44)20-32(27)34(45-25(2)42)23-30(43)15-18-37/h12-13,21,27-32,34,39,43-44H,3-11,15-16,18-20,22-24H2,1-2H3,(H3,38,40,41). The number of nitrogens with one attached hydrogen (secondary N) is 2. The second-order valence-corrected chi connectivity index (χ2v) is 14.3. The molecule has 0 aromatic heterocycles. The van der Waals surface area contributed by atoms with Gasteiger partial charge in [0.05, 0.1) is 18.1 Å². The minimum absolute atomic E-state index is 0.0448. The van der Waals surface area contributed by atoms with E-state index < -0.39 is 17.6 Å². The SMILES string of the molecule is CCC1(CN=C(N)NC2CCCCC2)C#CC2CCCC3CC(CCN3)Oc3cc(ccc3O)CC2C(OC(C)=O)CC(O)CC1. The van der Waals surface area contributed by atoms with Gasteiger partial charge in [0.15, 0.2) is 17.5 Å². The van der Waals surface area contributed by atoms with Gasteiger partial charge in [-0.15, -0.1) is 0 Å². The number of hydrogen-bond donors (Lipinski definition) is 5. The first-order chi connectivity index (χ1) is 22.2. The molecule has 1 saturated heterocycles. The summed E-state index contributed by atoms with van der Waals surface area (Å²) in [5.74, 6) is 8.01. The van der Waals surface area contributed by atoms with Crippen LogP contribution in [0.25, 0.3) is 0 Å². The van der Waals surface area contributed by atoms with Crippen LogP contribution < -0.4 is 21.1 Å². The molecule has 46 heavy (non-hydrogen) atoms. The largest absolute Gasteiger partial charge is 0.504 e. The quantitative estimate of drug-likeness (QED) is 0.132. The average molecular weight is 637 g/mol. The molecule has 2 fully saturated rings. The first kappa shape index (κ1) is 34.4. The molecule has 2 aliphatic heterocycles. The summed E-state index contributed by atoms with van der Waals surface area (Å²) in [4.78, 5) is 17.3. The predicted molar refractivity (Wildman–Crippen MR) is 180 cm³/mol. The zero-order chi connectivity index (χ0) is 32.5. The summed E-state index contributed by atoms with van der Waals surface area (Å²) in [6.07, 6.45) is 12.4. The van der Waals surface area contributed by atoms with Crippen LogP contribution in [0.5, 0.6) is 11.5 Å². The number of esters is 1. The van der Waals surface area contributed by atoms with Crippen molar-refractivity contribution >= 4 is 11.9 Å². The Bertz CT molecular complexity index is 1250. The fourth-order valence-corrected chi connectivity index (χ4v) is 7.93. The van der Waals surface area contributed by atoms with Gasteiger partial charge in [0.1, 0.15) is 12.2 Å². The van der Waals surface area contributed by atoms with Crippen LogP contribution in [0.3, 0.4) is 0 Å². The highest BCUT2D eigenvalue weighted by Crippen LogP contribution is 2.38. The lowest BCUT2D eigenvalue weighted by molar-refractivity contribution is -0.152. The number of nitrogens with zero attached hydrogens (tertiary/aromatic N) is 1. The molecule has 1 saturated carbocycles. The molecule has 9 heteroatoms. The number of hydrogen-bond acceptors (Lipinski definition) is 7. The third kappa shape index (κ3) is 9.54. The highest BCUT2D eigenvalue weighted by atomic mass is 16.5. The number of benzene rings is 1. The number of phenolic OH excluding ortho intramolecular Hbond substituents is 1. The van der Waals surface area contributed by atoms with Gasteiger partial charge >= 0.3 is 5.97 Å². The summed E-state index contributed by atoms with van der Waals surface area (Å²) in [7, 11) is 0. The first-order valence-electron chi connectivity index (χ1n) is 17.9. The van der Waals surface area contributed by atoms with E-state index in [0.29, 0.717) is 56.0 Å². The molecule has 2 heterocycles. The summed E-state index contributed by atoms with van der Waals surface area (Å²) < 4.78 is 12.4. The Labute approximate surface area is 275 Å². The normalized spacial score (nSPS) is 32.9. The summed E-state index contributed by atoms with van der Waals surface area (Å²) in [6.45, 7) is 4.95. The Balaban J connectivity index is 1.49. The van der Waals surface area contributed by atoms with E-state index in [2.05, 4.69) is 29.4 Å². The molecule has 4 bridgehead atoms. The van der Waals surface area contributed by atoms with Crippen molar-refractivity contribution in [2.45, 2.75) is 141 Å². The van der Waals surface area contributed by atoms with Gasteiger partial charge in [0, 0.05) is 37.3 Å². The minimum Gasteiger partial charge on any atom is -0.504 e. The van der Waals surface area contributed by atoms with Crippen molar-refractivity contribution in [3.05, 3.63) is 23.8 Å². The Hall–Kier alpha value is -2.96. The number of carbonyl (C=O) groups is 1. The van der Waals surface area contributed by atoms with E-state index in [1.807, 2.05) is 12.1 Å². The zero-order valence-electron chi connectivity index (χ0n) is 27.9. The zero-order valence-corrected chi connectivity index (χ0v) is 27.9. The summed E-state index contributed by atoms with van der Waals surface area (Å²) in [5.41, 5.74) is 6.98. The maximum Gasteiger partial charge on any atom is 0.302 e. The highest BCUT2D eigenvalue weighted by Gasteiger charge is 2.37. The number of guanidine groups is 1. The number of aromatic hydroxyl groups is 1. The maximum absolute atomic E-state index is 12.4. The first-order valence-corrected chi connectivity index (χ1v) is 17.9. The molecular weight excluding hydrogens is 580 g/mol. The maximum atomic E-state index is 12.4. The van der Waals surface area contributed by atoms with Gasteiger partial charge in [-0.1, -0.05) is 50.5 Å². The number of carbonyl (C=O) groups excluding carboxylic acids is 1. The van der Waals surface area contributed by atoms with Crippen LogP contribution in [0, 0.1) is 29.1 Å². The molecule has 2 aliphatic carbocycles. The molecular formula is C37H56N4O5. The van der Waals surface area contributed by atoms with Gasteiger partial charge in [-0.05, 0) is 88.4 Å². The van der Waals surface area contributed by atoms with Crippen LogP contribution in [0.4, 0.5) is 0 Å². The second kappa shape index (κ2) is 16.2. The third-order valence-electron chi connectivity index (χ3n) is 10.8. The number of phenols is 1. The number of aliphatic hydroxyl groups excluding tert-OH is 1. The van der Waals surface area contributed by atoms with E-state index in [4.69, 9.17) is 20.2 Å². The molecule has 1 aromatic carbocycles. The van der Waals surface area contributed by atoms with Crippen molar-refractivity contribution < 1.29 is 24.5 Å². The number of piperidine rings is 1. The number of fused-ring (bicyclic) bond motifs is 5. The van der Waals surface area contributed by atoms with Crippen LogP contribution in [0.15, 0.2) is 23.2 Å². The highest BCUT2D eigenvalue weighted by molar-refractivity contribution is 5.78. The van der Waals surface area contributed by atoms with Crippen LogP contribution in [-0.4, -0.2) is 65.6 Å². The lowest BCUT2D eigenvalue weighted by Gasteiger charge is -2.35. The summed E-state index contributed by atoms with van der Waals surface area (Å²) in [6, 6.07) is 6.26. The molecule has 0 amide bonds. The number of aliphatic imine (C=N–C) groups is 1. The molecule has 0 radical (unpaired) electrons. The van der Waals surface area contributed by atoms with E-state index in [1.165, 1.54) is 26.2 Å². The Morgan fingerprint density at radius 2 is 1.98 bits per heavy atom. The van der Waals surface area contributed by atoms with Gasteiger partial charge in [-0.25, -0.2) is 0 Å². The molecule has 5 rings (SSSR count). The van der Waals surface area contributed by atoms with Gasteiger partial charge < -0.3 is 36.1 Å². The van der Waals surface area contributed by atoms with E-state index in [9.17, 15) is 15.0 Å². The van der Waals surface area contributed by atoms with Gasteiger partial charge in [0.2, 0.25) is 0 Å². The number of ether oxygens (including phenoxy) is 2. The van der Waals surface area contributed by atoms with E-state index in [-0.39, 0.29) is 29.7 Å². The van der Waals surface area contributed by atoms with Crippen LogP contribution in [-0.2, 0) is 16.0 Å². The lowest BCUT2D eigenvalue weighted by Crippen LogP contribution is -2.42. The van der Waals surface area contributed by atoms with E-state index >= 15 is 0 Å². The molecule has 1 aromatic rings. The van der Waals surface area contributed by atoms with Crippen molar-refractivity contribution in [3.8, 4) is 23.3 Å². The number of aliphatic hydroxyl groups is 1. The van der Waals surface area contributed by atoms with Crippen LogP contribution >= 0.6 is 0 Å². The third-order valence-corrected chi connectivity index (χ3v) is 10.8. The number of nitrogens with two attached hydrogens (primary N) is 1. The Kier molecular flexibility index (Phi) is 12.1. The Morgan fingerprint density at radius 1 is 1.15 bits per heavy atom. The monoisotopic (exact) mass is 636 g/mol. The molecule has 7 unspecified atom stereocenters. The smallest absolute Gasteiger partial charge is 0.302 e. The van der Waals surface area contributed by atoms with Crippen molar-refractivity contribution in [1.82, 2.24) is 10.6 Å². The van der Waals surface area contributed by atoms with Crippen molar-refractivity contribution in [1.29, 1.82) is 0 Å². The second-order valence-electron chi connectivity index (χ2n) is 14.3. The van der Waals surface area contributed by atoms with Gasteiger partial charge in [0.25, 0.3) is 0 Å². The van der Waals surface area contributed by atoms with Crippen molar-refractivity contribution in [2.24, 2.45) is 28.0 Å². The molecule has 0 spiro atoms. The topological polar surface area (TPSA) is 138 Å². The fraction of sp³-hybridized carbons (Fsp3) is 0.730. The summed E-state index contributed by atoms with van der Waals surface area (Å²) >= 11 is 0. The van der Waals surface area contributed by atoms with E-state index in [0.717, 1.165) is 63.5 Å². The van der Waals surface area contributed by atoms with Crippen molar-refractivity contribution in [3.63, 3.8) is 0 Å². The molecule has 4 aliphatic rings. The fourth-order valence-electron chi connectivity index (χ4n) is 7.93. The average Bonchev–Trinajstić information content (AvgIpc) is 3.04. The van der Waals surface area contributed by atoms with Gasteiger partial charge in [-0.2, -0.15) is 0 Å². The molecule has 254 valence electrons. The van der Waals surface area contributed by atoms with Crippen molar-refractivity contribution in [2.75, 3.05) is 13.1 Å². The minimum atomic E-state index is -0.649. The molecule has 6 N–H and O–H groups in total. The number of rotatable bonds is 5. The van der Waals surface area contributed by atoms with E-state index in [1.54, 1.807) is 6.07 Å². The van der Waals surface area contributed by atoms with Gasteiger partial charge in [-0.3, -0.25) is 9.79 Å². The molecule has 9 nitrogen and oxygen atoms in total. The summed E-state index contributed by atoms with van der Waals surface area (Å²) in [5, 5.41) is 29.2. The predicted octanol–water partition coefficient (Wildman–Crippen LogP) is 4.96. The van der Waals surface area contributed by atoms with Crippen LogP contribution in [0.2, 0.25) is 0 Å². The van der Waals surface area contributed by atoms with Crippen LogP contribution in [0.1, 0.15) is 109 Å². The Morgan fingerprint density at radius 3 is 2.76 bits per heavy atom.